The molecule has 1 aromatic carbocycles. The van der Waals surface area contributed by atoms with Crippen LogP contribution in [0.5, 0.6) is 0 Å². The maximum atomic E-state index is 12.3. The Kier molecular flexibility index (Phi) is 3.66. The molecule has 0 N–H and O–H groups in total. The van der Waals surface area contributed by atoms with Crippen molar-refractivity contribution in [2.24, 2.45) is 0 Å². The monoisotopic (exact) mass is 309 g/mol. The van der Waals surface area contributed by atoms with Crippen molar-refractivity contribution in [3.63, 3.8) is 0 Å². The van der Waals surface area contributed by atoms with Crippen LogP contribution in [0.25, 0.3) is 10.9 Å². The summed E-state index contributed by atoms with van der Waals surface area (Å²) < 4.78 is 1.52. The van der Waals surface area contributed by atoms with E-state index in [1.54, 1.807) is 31.5 Å². The second-order valence-electron chi connectivity index (χ2n) is 5.02. The first-order chi connectivity index (χ1) is 10.6. The molecule has 3 rings (SSSR count). The van der Waals surface area contributed by atoms with Crippen molar-refractivity contribution in [3.05, 3.63) is 74.8 Å². The Labute approximate surface area is 132 Å². The van der Waals surface area contributed by atoms with Crippen molar-refractivity contribution in [3.8, 4) is 6.07 Å². The zero-order valence-electron chi connectivity index (χ0n) is 11.9. The van der Waals surface area contributed by atoms with E-state index in [-0.39, 0.29) is 11.1 Å². The summed E-state index contributed by atoms with van der Waals surface area (Å²) in [5, 5.41) is 10.6. The van der Waals surface area contributed by atoms with Gasteiger partial charge in [-0.3, -0.25) is 9.78 Å². The van der Waals surface area contributed by atoms with Gasteiger partial charge < -0.3 is 4.57 Å². The van der Waals surface area contributed by atoms with Gasteiger partial charge in [-0.1, -0.05) is 17.7 Å². The van der Waals surface area contributed by atoms with E-state index >= 15 is 0 Å². The van der Waals surface area contributed by atoms with Gasteiger partial charge in [0.2, 0.25) is 0 Å². The average molecular weight is 310 g/mol. The molecule has 0 fully saturated rings. The van der Waals surface area contributed by atoms with Gasteiger partial charge in [-0.05, 0) is 42.3 Å². The predicted molar refractivity (Wildman–Crippen MR) is 86.0 cm³/mol. The molecule has 0 atom stereocenters. The Morgan fingerprint density at radius 3 is 2.91 bits per heavy atom. The molecule has 0 unspecified atom stereocenters. The fourth-order valence-electron chi connectivity index (χ4n) is 2.43. The van der Waals surface area contributed by atoms with Crippen LogP contribution >= 0.6 is 11.6 Å². The largest absolute Gasteiger partial charge is 0.310 e. The van der Waals surface area contributed by atoms with Crippen LogP contribution in [0.15, 0.2) is 47.5 Å². The summed E-state index contributed by atoms with van der Waals surface area (Å²) in [4.78, 5) is 16.7. The van der Waals surface area contributed by atoms with Gasteiger partial charge >= 0.3 is 0 Å². The van der Waals surface area contributed by atoms with Crippen molar-refractivity contribution in [2.45, 2.75) is 13.5 Å². The topological polar surface area (TPSA) is 58.7 Å². The molecule has 2 aromatic heterocycles. The molecule has 3 aromatic rings. The SMILES string of the molecule is Cc1ccn(Cc2ccc(Cl)c3cccnc23)c(=O)c1C#N. The molecule has 0 amide bonds. The predicted octanol–water partition coefficient (Wildman–Crippen LogP) is 3.28. The van der Waals surface area contributed by atoms with Crippen LogP contribution in [0.3, 0.4) is 0 Å². The lowest BCUT2D eigenvalue weighted by Crippen LogP contribution is -2.23. The highest BCUT2D eigenvalue weighted by atomic mass is 35.5. The first kappa shape index (κ1) is 14.3. The van der Waals surface area contributed by atoms with Crippen molar-refractivity contribution in [1.29, 1.82) is 5.26 Å². The van der Waals surface area contributed by atoms with E-state index < -0.39 is 0 Å². The number of benzene rings is 1. The summed E-state index contributed by atoms with van der Waals surface area (Å²) in [6.07, 6.45) is 3.39. The van der Waals surface area contributed by atoms with E-state index in [9.17, 15) is 4.79 Å². The Balaban J connectivity index is 2.15. The Hall–Kier alpha value is -2.64. The molecule has 0 bridgehead atoms. The lowest BCUT2D eigenvalue weighted by Gasteiger charge is -2.10. The molecular weight excluding hydrogens is 298 g/mol. The van der Waals surface area contributed by atoms with E-state index in [1.807, 2.05) is 24.3 Å². The second kappa shape index (κ2) is 5.63. The normalized spacial score (nSPS) is 10.6. The van der Waals surface area contributed by atoms with Gasteiger partial charge in [0.25, 0.3) is 5.56 Å². The number of pyridine rings is 2. The summed E-state index contributed by atoms with van der Waals surface area (Å²) in [5.74, 6) is 0. The van der Waals surface area contributed by atoms with Crippen LogP contribution in [-0.2, 0) is 6.54 Å². The fraction of sp³-hybridized carbons (Fsp3) is 0.118. The van der Waals surface area contributed by atoms with E-state index in [4.69, 9.17) is 16.9 Å². The van der Waals surface area contributed by atoms with Gasteiger partial charge in [-0.15, -0.1) is 0 Å². The third kappa shape index (κ3) is 2.36. The smallest absolute Gasteiger partial charge is 0.269 e. The van der Waals surface area contributed by atoms with Crippen LogP contribution < -0.4 is 5.56 Å². The highest BCUT2D eigenvalue weighted by molar-refractivity contribution is 6.35. The average Bonchev–Trinajstić information content (AvgIpc) is 2.53. The highest BCUT2D eigenvalue weighted by Gasteiger charge is 2.10. The van der Waals surface area contributed by atoms with Crippen LogP contribution in [-0.4, -0.2) is 9.55 Å². The van der Waals surface area contributed by atoms with Gasteiger partial charge in [0.05, 0.1) is 12.1 Å². The molecule has 0 saturated carbocycles. The van der Waals surface area contributed by atoms with E-state index in [0.717, 1.165) is 16.5 Å². The molecule has 0 spiro atoms. The van der Waals surface area contributed by atoms with Crippen LogP contribution in [0.4, 0.5) is 0 Å². The minimum absolute atomic E-state index is 0.175. The summed E-state index contributed by atoms with van der Waals surface area (Å²) in [5.41, 5.74) is 2.22. The van der Waals surface area contributed by atoms with Gasteiger partial charge in [0.1, 0.15) is 11.6 Å². The zero-order chi connectivity index (χ0) is 15.7. The standard InChI is InChI=1S/C17H12ClN3O/c1-11-6-8-21(17(22)14(11)9-19)10-12-4-5-15(18)13-3-2-7-20-16(12)13/h2-8H,10H2,1H3. The lowest BCUT2D eigenvalue weighted by atomic mass is 10.1. The third-order valence-electron chi connectivity index (χ3n) is 3.63. The van der Waals surface area contributed by atoms with Gasteiger partial charge in [-0.2, -0.15) is 5.26 Å². The lowest BCUT2D eigenvalue weighted by molar-refractivity contribution is 0.757. The number of hydrogen-bond donors (Lipinski definition) is 0. The summed E-state index contributed by atoms with van der Waals surface area (Å²) in [6.45, 7) is 2.10. The van der Waals surface area contributed by atoms with Crippen molar-refractivity contribution >= 4 is 22.5 Å². The number of nitrogens with zero attached hydrogens (tertiary/aromatic N) is 3. The summed E-state index contributed by atoms with van der Waals surface area (Å²) in [7, 11) is 0. The van der Waals surface area contributed by atoms with Gasteiger partial charge in [0.15, 0.2) is 0 Å². The van der Waals surface area contributed by atoms with Gasteiger partial charge in [0, 0.05) is 22.8 Å². The molecule has 0 radical (unpaired) electrons. The molecule has 0 aliphatic heterocycles. The number of aromatic nitrogens is 2. The Bertz CT molecular complexity index is 970. The summed E-state index contributed by atoms with van der Waals surface area (Å²) in [6, 6.07) is 11.1. The Morgan fingerprint density at radius 2 is 2.14 bits per heavy atom. The van der Waals surface area contributed by atoms with Crippen molar-refractivity contribution in [1.82, 2.24) is 9.55 Å². The van der Waals surface area contributed by atoms with Crippen molar-refractivity contribution < 1.29 is 0 Å². The first-order valence-electron chi connectivity index (χ1n) is 6.74. The quantitative estimate of drug-likeness (QED) is 0.730. The number of fused-ring (bicyclic) bond motifs is 1. The zero-order valence-corrected chi connectivity index (χ0v) is 12.6. The first-order valence-corrected chi connectivity index (χ1v) is 7.12. The molecule has 4 nitrogen and oxygen atoms in total. The number of halogens is 1. The molecule has 0 aliphatic rings. The highest BCUT2D eigenvalue weighted by Crippen LogP contribution is 2.25. The summed E-state index contributed by atoms with van der Waals surface area (Å²) >= 11 is 6.18. The second-order valence-corrected chi connectivity index (χ2v) is 5.43. The molecule has 108 valence electrons. The maximum Gasteiger partial charge on any atom is 0.269 e. The molecule has 22 heavy (non-hydrogen) atoms. The van der Waals surface area contributed by atoms with E-state index in [1.165, 1.54) is 4.57 Å². The van der Waals surface area contributed by atoms with E-state index in [0.29, 0.717) is 17.1 Å². The third-order valence-corrected chi connectivity index (χ3v) is 3.96. The molecule has 5 heteroatoms. The number of aryl methyl sites for hydroxylation is 1. The van der Waals surface area contributed by atoms with Gasteiger partial charge in [-0.25, -0.2) is 0 Å². The molecule has 2 heterocycles. The minimum atomic E-state index is -0.290. The van der Waals surface area contributed by atoms with E-state index in [2.05, 4.69) is 4.98 Å². The molecule has 0 aliphatic carbocycles. The molecule has 0 saturated heterocycles. The Morgan fingerprint density at radius 1 is 1.32 bits per heavy atom. The number of nitriles is 1. The molecular formula is C17H12ClN3O. The van der Waals surface area contributed by atoms with Crippen LogP contribution in [0.2, 0.25) is 5.02 Å². The fourth-order valence-corrected chi connectivity index (χ4v) is 2.65. The minimum Gasteiger partial charge on any atom is -0.310 e. The maximum absolute atomic E-state index is 12.3. The van der Waals surface area contributed by atoms with Crippen LogP contribution in [0, 0.1) is 18.3 Å². The van der Waals surface area contributed by atoms with Crippen molar-refractivity contribution in [2.75, 3.05) is 0 Å². The van der Waals surface area contributed by atoms with Crippen LogP contribution in [0.1, 0.15) is 16.7 Å². The number of hydrogen-bond acceptors (Lipinski definition) is 3. The number of rotatable bonds is 2.